The molecule has 1 N–H and O–H groups in total. The molecule has 12 nitrogen and oxygen atoms in total. The molecule has 12 heteroatoms. The first kappa shape index (κ1) is 28.1. The van der Waals surface area contributed by atoms with Crippen LogP contribution in [0.1, 0.15) is 24.4 Å². The zero-order chi connectivity index (χ0) is 29.9. The van der Waals surface area contributed by atoms with Gasteiger partial charge >= 0.3 is 0 Å². The van der Waals surface area contributed by atoms with Crippen molar-refractivity contribution in [3.8, 4) is 11.5 Å². The summed E-state index contributed by atoms with van der Waals surface area (Å²) in [7, 11) is 0. The predicted molar refractivity (Wildman–Crippen MR) is 162 cm³/mol. The molecule has 3 aromatic carbocycles. The molecule has 2 amide bonds. The highest BCUT2D eigenvalue weighted by atomic mass is 16.7. The number of rotatable bonds is 9. The number of fused-ring (bicyclic) bond motifs is 2. The number of anilines is 2. The SMILES string of the molecule is O=C(NC[C@@H]1CCCO1)[C@H](c1ccc(N2CCOCC2)cc1)N(C(=O)Cn1nnc2ccccc21)c1ccc2c(c1)OCO2. The van der Waals surface area contributed by atoms with Gasteiger partial charge in [0.1, 0.15) is 18.1 Å². The Hall–Kier alpha value is -4.68. The van der Waals surface area contributed by atoms with Crippen molar-refractivity contribution in [1.82, 2.24) is 20.3 Å². The first-order valence-corrected chi connectivity index (χ1v) is 15.0. The molecular formula is C32H34N6O6. The number of hydrogen-bond donors (Lipinski definition) is 1. The average Bonchev–Trinajstić information content (AvgIpc) is 3.85. The number of carbonyl (C=O) groups excluding carboxylic acids is 2. The molecular weight excluding hydrogens is 564 g/mol. The number of aromatic nitrogens is 3. The van der Waals surface area contributed by atoms with Gasteiger partial charge in [0.05, 0.1) is 24.8 Å². The van der Waals surface area contributed by atoms with Gasteiger partial charge in [-0.2, -0.15) is 0 Å². The summed E-state index contributed by atoms with van der Waals surface area (Å²) in [4.78, 5) is 32.3. The van der Waals surface area contributed by atoms with Crippen LogP contribution in [0.25, 0.3) is 11.0 Å². The second kappa shape index (κ2) is 12.5. The Morgan fingerprint density at radius 1 is 0.977 bits per heavy atom. The second-order valence-electron chi connectivity index (χ2n) is 11.0. The molecule has 44 heavy (non-hydrogen) atoms. The zero-order valence-electron chi connectivity index (χ0n) is 24.3. The van der Waals surface area contributed by atoms with Crippen molar-refractivity contribution in [2.75, 3.05) is 56.0 Å². The summed E-state index contributed by atoms with van der Waals surface area (Å²) in [6.07, 6.45) is 1.78. The molecule has 0 bridgehead atoms. The van der Waals surface area contributed by atoms with Crippen LogP contribution in [0.15, 0.2) is 66.7 Å². The Kier molecular flexibility index (Phi) is 7.99. The Morgan fingerprint density at radius 2 is 1.80 bits per heavy atom. The molecule has 0 aliphatic carbocycles. The number of morpholine rings is 1. The van der Waals surface area contributed by atoms with Crippen LogP contribution in [-0.2, 0) is 25.6 Å². The standard InChI is InChI=1S/C32H34N6O6/c39-30(20-37-27-6-2-1-5-26(27)34-35-37)38(24-11-12-28-29(18-24)44-21-43-28)31(32(40)33-19-25-4-3-15-42-25)22-7-9-23(10-8-22)36-13-16-41-17-14-36/h1-2,5-12,18,25,31H,3-4,13-17,19-21H2,(H,33,40)/t25-,31-/m0/s1. The van der Waals surface area contributed by atoms with Crippen LogP contribution in [0.5, 0.6) is 11.5 Å². The minimum Gasteiger partial charge on any atom is -0.454 e. The maximum absolute atomic E-state index is 14.4. The van der Waals surface area contributed by atoms with Gasteiger partial charge in [-0.15, -0.1) is 5.10 Å². The summed E-state index contributed by atoms with van der Waals surface area (Å²) >= 11 is 0. The van der Waals surface area contributed by atoms with Crippen molar-refractivity contribution in [3.63, 3.8) is 0 Å². The number of ether oxygens (including phenoxy) is 4. The lowest BCUT2D eigenvalue weighted by Crippen LogP contribution is -2.46. The Balaban J connectivity index is 1.27. The van der Waals surface area contributed by atoms with Crippen molar-refractivity contribution < 1.29 is 28.5 Å². The monoisotopic (exact) mass is 598 g/mol. The first-order chi connectivity index (χ1) is 21.6. The molecule has 3 aliphatic heterocycles. The number of carbonyl (C=O) groups is 2. The third-order valence-corrected chi connectivity index (χ3v) is 8.23. The lowest BCUT2D eigenvalue weighted by Gasteiger charge is -2.33. The summed E-state index contributed by atoms with van der Waals surface area (Å²) in [5.41, 5.74) is 3.60. The number of para-hydroxylation sites is 1. The number of nitrogens with one attached hydrogen (secondary N) is 1. The summed E-state index contributed by atoms with van der Waals surface area (Å²) in [6.45, 7) is 3.91. The first-order valence-electron chi connectivity index (χ1n) is 15.0. The minimum atomic E-state index is -0.988. The van der Waals surface area contributed by atoms with Crippen LogP contribution in [0.3, 0.4) is 0 Å². The van der Waals surface area contributed by atoms with Crippen LogP contribution < -0.4 is 24.6 Å². The van der Waals surface area contributed by atoms with E-state index in [4.69, 9.17) is 18.9 Å². The van der Waals surface area contributed by atoms with E-state index >= 15 is 0 Å². The zero-order valence-corrected chi connectivity index (χ0v) is 24.3. The molecule has 0 spiro atoms. The minimum absolute atomic E-state index is 0.0560. The Labute approximate surface area is 254 Å². The number of nitrogens with zero attached hydrogens (tertiary/aromatic N) is 5. The summed E-state index contributed by atoms with van der Waals surface area (Å²) in [6, 6.07) is 19.6. The summed E-state index contributed by atoms with van der Waals surface area (Å²) in [5.74, 6) is 0.438. The fourth-order valence-corrected chi connectivity index (χ4v) is 5.93. The summed E-state index contributed by atoms with van der Waals surface area (Å²) in [5, 5.41) is 11.5. The smallest absolute Gasteiger partial charge is 0.249 e. The molecule has 228 valence electrons. The molecule has 0 unspecified atom stereocenters. The van der Waals surface area contributed by atoms with Gasteiger partial charge in [0.25, 0.3) is 0 Å². The average molecular weight is 599 g/mol. The fourth-order valence-electron chi connectivity index (χ4n) is 5.93. The molecule has 0 radical (unpaired) electrons. The lowest BCUT2D eigenvalue weighted by atomic mass is 10.0. The molecule has 2 atom stereocenters. The maximum atomic E-state index is 14.4. The highest BCUT2D eigenvalue weighted by Gasteiger charge is 2.35. The summed E-state index contributed by atoms with van der Waals surface area (Å²) < 4.78 is 24.0. The Bertz CT molecular complexity index is 1630. The van der Waals surface area contributed by atoms with Crippen molar-refractivity contribution in [2.45, 2.75) is 31.5 Å². The van der Waals surface area contributed by atoms with Gasteiger partial charge in [0.15, 0.2) is 11.5 Å². The number of amides is 2. The van der Waals surface area contributed by atoms with Gasteiger partial charge in [0, 0.05) is 43.7 Å². The molecule has 2 fully saturated rings. The van der Waals surface area contributed by atoms with Gasteiger partial charge in [-0.05, 0) is 54.8 Å². The van der Waals surface area contributed by atoms with Crippen molar-refractivity contribution in [1.29, 1.82) is 0 Å². The van der Waals surface area contributed by atoms with E-state index in [1.54, 1.807) is 22.9 Å². The highest BCUT2D eigenvalue weighted by Crippen LogP contribution is 2.38. The van der Waals surface area contributed by atoms with Crippen molar-refractivity contribution >= 4 is 34.2 Å². The van der Waals surface area contributed by atoms with Crippen molar-refractivity contribution in [3.05, 3.63) is 72.3 Å². The van der Waals surface area contributed by atoms with E-state index in [1.165, 1.54) is 4.90 Å². The largest absolute Gasteiger partial charge is 0.454 e. The van der Waals surface area contributed by atoms with Gasteiger partial charge in [-0.1, -0.05) is 29.5 Å². The van der Waals surface area contributed by atoms with Gasteiger partial charge in [-0.3, -0.25) is 14.5 Å². The number of benzene rings is 3. The Morgan fingerprint density at radius 3 is 2.61 bits per heavy atom. The van der Waals surface area contributed by atoms with Crippen LogP contribution in [0.4, 0.5) is 11.4 Å². The molecule has 1 aromatic heterocycles. The van der Waals surface area contributed by atoms with E-state index in [-0.39, 0.29) is 31.3 Å². The van der Waals surface area contributed by atoms with E-state index in [9.17, 15) is 9.59 Å². The van der Waals surface area contributed by atoms with E-state index < -0.39 is 6.04 Å². The maximum Gasteiger partial charge on any atom is 0.249 e. The second-order valence-corrected chi connectivity index (χ2v) is 11.0. The van der Waals surface area contributed by atoms with E-state index in [0.29, 0.717) is 54.6 Å². The normalized spacial score (nSPS) is 18.4. The third kappa shape index (κ3) is 5.78. The predicted octanol–water partition coefficient (Wildman–Crippen LogP) is 3.07. The molecule has 0 saturated carbocycles. The molecule has 4 aromatic rings. The van der Waals surface area contributed by atoms with Gasteiger partial charge in [0.2, 0.25) is 18.6 Å². The topological polar surface area (TPSA) is 120 Å². The van der Waals surface area contributed by atoms with E-state index in [1.807, 2.05) is 48.5 Å². The van der Waals surface area contributed by atoms with Crippen LogP contribution in [0.2, 0.25) is 0 Å². The van der Waals surface area contributed by atoms with Crippen LogP contribution in [-0.4, -0.2) is 79.2 Å². The van der Waals surface area contributed by atoms with Crippen LogP contribution >= 0.6 is 0 Å². The van der Waals surface area contributed by atoms with Crippen molar-refractivity contribution in [2.24, 2.45) is 0 Å². The van der Waals surface area contributed by atoms with Gasteiger partial charge < -0.3 is 29.2 Å². The molecule has 4 heterocycles. The molecule has 2 saturated heterocycles. The highest BCUT2D eigenvalue weighted by molar-refractivity contribution is 6.02. The number of hydrogen-bond acceptors (Lipinski definition) is 9. The van der Waals surface area contributed by atoms with Gasteiger partial charge in [-0.25, -0.2) is 4.68 Å². The molecule has 3 aliphatic rings. The lowest BCUT2D eigenvalue weighted by molar-refractivity contribution is -0.127. The fraction of sp³-hybridized carbons (Fsp3) is 0.375. The third-order valence-electron chi connectivity index (χ3n) is 8.23. The quantitative estimate of drug-likeness (QED) is 0.310. The molecule has 7 rings (SSSR count). The van der Waals surface area contributed by atoms with E-state index in [0.717, 1.165) is 37.1 Å². The van der Waals surface area contributed by atoms with Crippen LogP contribution in [0, 0.1) is 0 Å². The van der Waals surface area contributed by atoms with E-state index in [2.05, 4.69) is 20.5 Å².